The highest BCUT2D eigenvalue weighted by atomic mass is 16.5. The SMILES string of the molecule is CNCc1nnn(CCCN(C)C)c1CCOC. The minimum atomic E-state index is 0.706. The van der Waals surface area contributed by atoms with E-state index in [2.05, 4.69) is 34.6 Å². The first-order chi connectivity index (χ1) is 8.69. The molecule has 0 radical (unpaired) electrons. The average Bonchev–Trinajstić information content (AvgIpc) is 2.69. The summed E-state index contributed by atoms with van der Waals surface area (Å²) in [6, 6.07) is 0. The molecule has 0 aliphatic heterocycles. The van der Waals surface area contributed by atoms with E-state index in [-0.39, 0.29) is 0 Å². The van der Waals surface area contributed by atoms with Gasteiger partial charge in [-0.25, -0.2) is 4.68 Å². The maximum atomic E-state index is 5.15. The third kappa shape index (κ3) is 4.72. The van der Waals surface area contributed by atoms with Crippen LogP contribution in [0.1, 0.15) is 17.8 Å². The van der Waals surface area contributed by atoms with Crippen molar-refractivity contribution in [3.05, 3.63) is 11.4 Å². The second kappa shape index (κ2) is 8.18. The van der Waals surface area contributed by atoms with Crippen LogP contribution in [0.5, 0.6) is 0 Å². The topological polar surface area (TPSA) is 55.2 Å². The molecule has 0 saturated carbocycles. The number of nitrogens with zero attached hydrogens (tertiary/aromatic N) is 4. The molecular formula is C12H25N5O. The smallest absolute Gasteiger partial charge is 0.0997 e. The number of hydrogen-bond donors (Lipinski definition) is 1. The van der Waals surface area contributed by atoms with Gasteiger partial charge in [-0.1, -0.05) is 5.21 Å². The van der Waals surface area contributed by atoms with Gasteiger partial charge in [0.25, 0.3) is 0 Å². The van der Waals surface area contributed by atoms with Crippen LogP contribution in [0.15, 0.2) is 0 Å². The number of methoxy groups -OCH3 is 1. The minimum Gasteiger partial charge on any atom is -0.384 e. The molecule has 0 fully saturated rings. The van der Waals surface area contributed by atoms with Crippen LogP contribution in [0.3, 0.4) is 0 Å². The molecule has 1 rings (SSSR count). The van der Waals surface area contributed by atoms with Gasteiger partial charge in [0.05, 0.1) is 18.0 Å². The van der Waals surface area contributed by atoms with Crippen LogP contribution < -0.4 is 5.32 Å². The van der Waals surface area contributed by atoms with Crippen molar-refractivity contribution in [1.82, 2.24) is 25.2 Å². The number of rotatable bonds is 9. The molecule has 0 amide bonds. The highest BCUT2D eigenvalue weighted by Gasteiger charge is 2.11. The number of aryl methyl sites for hydroxylation is 1. The highest BCUT2D eigenvalue weighted by molar-refractivity contribution is 5.10. The average molecular weight is 255 g/mol. The fourth-order valence-electron chi connectivity index (χ4n) is 1.86. The summed E-state index contributed by atoms with van der Waals surface area (Å²) < 4.78 is 7.16. The summed E-state index contributed by atoms with van der Waals surface area (Å²) in [6.07, 6.45) is 1.94. The summed E-state index contributed by atoms with van der Waals surface area (Å²) in [4.78, 5) is 2.18. The van der Waals surface area contributed by atoms with Crippen LogP contribution in [0.25, 0.3) is 0 Å². The first kappa shape index (κ1) is 15.1. The highest BCUT2D eigenvalue weighted by Crippen LogP contribution is 2.07. The molecule has 0 saturated heterocycles. The van der Waals surface area contributed by atoms with E-state index >= 15 is 0 Å². The van der Waals surface area contributed by atoms with Crippen molar-refractivity contribution in [2.24, 2.45) is 0 Å². The molecular weight excluding hydrogens is 230 g/mol. The van der Waals surface area contributed by atoms with E-state index in [1.54, 1.807) is 7.11 Å². The summed E-state index contributed by atoms with van der Waals surface area (Å²) in [5.41, 5.74) is 2.21. The molecule has 0 aromatic carbocycles. The molecule has 0 atom stereocenters. The third-order valence-corrected chi connectivity index (χ3v) is 2.78. The molecule has 0 unspecified atom stereocenters. The summed E-state index contributed by atoms with van der Waals surface area (Å²) in [5.74, 6) is 0. The van der Waals surface area contributed by atoms with Gasteiger partial charge in [-0.15, -0.1) is 5.10 Å². The molecule has 0 aliphatic rings. The molecule has 104 valence electrons. The van der Waals surface area contributed by atoms with E-state index in [1.807, 2.05) is 11.7 Å². The lowest BCUT2D eigenvalue weighted by molar-refractivity contribution is 0.199. The maximum Gasteiger partial charge on any atom is 0.0997 e. The first-order valence-corrected chi connectivity index (χ1v) is 6.38. The number of nitrogens with one attached hydrogen (secondary N) is 1. The van der Waals surface area contributed by atoms with Gasteiger partial charge >= 0.3 is 0 Å². The van der Waals surface area contributed by atoms with Crippen molar-refractivity contribution in [3.8, 4) is 0 Å². The molecule has 6 nitrogen and oxygen atoms in total. The summed E-state index contributed by atoms with van der Waals surface area (Å²) >= 11 is 0. The Labute approximate surface area is 109 Å². The van der Waals surface area contributed by atoms with Crippen molar-refractivity contribution in [1.29, 1.82) is 0 Å². The predicted octanol–water partition coefficient (Wildman–Crippen LogP) is 0.138. The first-order valence-electron chi connectivity index (χ1n) is 6.38. The molecule has 0 bridgehead atoms. The lowest BCUT2D eigenvalue weighted by Crippen LogP contribution is -2.17. The molecule has 6 heteroatoms. The van der Waals surface area contributed by atoms with Crippen LogP contribution in [0.4, 0.5) is 0 Å². The zero-order valence-corrected chi connectivity index (χ0v) is 11.9. The number of hydrogen-bond acceptors (Lipinski definition) is 5. The van der Waals surface area contributed by atoms with Gasteiger partial charge in [0.2, 0.25) is 0 Å². The lowest BCUT2D eigenvalue weighted by Gasteiger charge is -2.11. The Morgan fingerprint density at radius 2 is 2.17 bits per heavy atom. The molecule has 18 heavy (non-hydrogen) atoms. The Hall–Kier alpha value is -0.980. The second-order valence-electron chi connectivity index (χ2n) is 4.64. The Kier molecular flexibility index (Phi) is 6.85. The van der Waals surface area contributed by atoms with E-state index in [0.717, 1.165) is 38.2 Å². The van der Waals surface area contributed by atoms with E-state index in [4.69, 9.17) is 4.74 Å². The maximum absolute atomic E-state index is 5.15. The van der Waals surface area contributed by atoms with E-state index < -0.39 is 0 Å². The largest absolute Gasteiger partial charge is 0.384 e. The van der Waals surface area contributed by atoms with E-state index in [1.165, 1.54) is 5.69 Å². The van der Waals surface area contributed by atoms with Crippen LogP contribution in [0.2, 0.25) is 0 Å². The van der Waals surface area contributed by atoms with Crippen LogP contribution in [-0.2, 0) is 24.2 Å². The summed E-state index contributed by atoms with van der Waals surface area (Å²) in [5, 5.41) is 11.6. The second-order valence-corrected chi connectivity index (χ2v) is 4.64. The van der Waals surface area contributed by atoms with Gasteiger partial charge in [0.15, 0.2) is 0 Å². The fourth-order valence-corrected chi connectivity index (χ4v) is 1.86. The number of aromatic nitrogens is 3. The van der Waals surface area contributed by atoms with Gasteiger partial charge in [-0.2, -0.15) is 0 Å². The molecule has 1 aromatic rings. The normalized spacial score (nSPS) is 11.4. The Morgan fingerprint density at radius 1 is 1.39 bits per heavy atom. The predicted molar refractivity (Wildman–Crippen MR) is 71.5 cm³/mol. The monoisotopic (exact) mass is 255 g/mol. The quantitative estimate of drug-likeness (QED) is 0.680. The van der Waals surface area contributed by atoms with Crippen molar-refractivity contribution < 1.29 is 4.74 Å². The molecule has 1 heterocycles. The molecule has 1 N–H and O–H groups in total. The molecule has 0 spiro atoms. The van der Waals surface area contributed by atoms with Crippen molar-refractivity contribution in [3.63, 3.8) is 0 Å². The Morgan fingerprint density at radius 3 is 2.78 bits per heavy atom. The standard InChI is InChI=1S/C12H25N5O/c1-13-10-11-12(6-9-18-4)17(15-14-11)8-5-7-16(2)3/h13H,5-10H2,1-4H3. The third-order valence-electron chi connectivity index (χ3n) is 2.78. The van der Waals surface area contributed by atoms with Gasteiger partial charge in [0, 0.05) is 26.6 Å². The number of ether oxygens (including phenoxy) is 1. The summed E-state index contributed by atoms with van der Waals surface area (Å²) in [6.45, 7) is 3.43. The Balaban J connectivity index is 2.63. The van der Waals surface area contributed by atoms with E-state index in [9.17, 15) is 0 Å². The van der Waals surface area contributed by atoms with Crippen molar-refractivity contribution in [2.45, 2.75) is 25.9 Å². The minimum absolute atomic E-state index is 0.706. The lowest BCUT2D eigenvalue weighted by atomic mass is 10.2. The Bertz CT molecular complexity index is 337. The van der Waals surface area contributed by atoms with Gasteiger partial charge in [0.1, 0.15) is 0 Å². The van der Waals surface area contributed by atoms with Crippen LogP contribution >= 0.6 is 0 Å². The van der Waals surface area contributed by atoms with Crippen molar-refractivity contribution >= 4 is 0 Å². The van der Waals surface area contributed by atoms with Crippen molar-refractivity contribution in [2.75, 3.05) is 41.4 Å². The fraction of sp³-hybridized carbons (Fsp3) is 0.833. The van der Waals surface area contributed by atoms with Gasteiger partial charge < -0.3 is 15.0 Å². The zero-order chi connectivity index (χ0) is 13.4. The van der Waals surface area contributed by atoms with Crippen LogP contribution in [-0.4, -0.2) is 61.3 Å². The van der Waals surface area contributed by atoms with E-state index in [0.29, 0.717) is 6.61 Å². The molecule has 1 aromatic heterocycles. The summed E-state index contributed by atoms with van der Waals surface area (Å²) in [7, 11) is 7.81. The van der Waals surface area contributed by atoms with Crippen LogP contribution in [0, 0.1) is 0 Å². The van der Waals surface area contributed by atoms with Gasteiger partial charge in [-0.05, 0) is 34.1 Å². The van der Waals surface area contributed by atoms with Gasteiger partial charge in [-0.3, -0.25) is 0 Å². The zero-order valence-electron chi connectivity index (χ0n) is 11.9. The molecule has 0 aliphatic carbocycles.